The van der Waals surface area contributed by atoms with Crippen molar-refractivity contribution in [2.24, 2.45) is 5.84 Å². The van der Waals surface area contributed by atoms with Gasteiger partial charge in [0.05, 0.1) is 0 Å². The Morgan fingerprint density at radius 3 is 2.55 bits per heavy atom. The summed E-state index contributed by atoms with van der Waals surface area (Å²) in [4.78, 5) is 10.6. The van der Waals surface area contributed by atoms with Crippen molar-refractivity contribution in [3.8, 4) is 0 Å². The van der Waals surface area contributed by atoms with Gasteiger partial charge in [-0.3, -0.25) is 0 Å². The molecule has 106 valence electrons. The molecule has 0 saturated carbocycles. The van der Waals surface area contributed by atoms with Gasteiger partial charge in [0.1, 0.15) is 18.0 Å². The molecule has 0 atom stereocenters. The van der Waals surface area contributed by atoms with Gasteiger partial charge < -0.3 is 10.3 Å². The van der Waals surface area contributed by atoms with Crippen LogP contribution < -0.4 is 16.2 Å². The Balaban J connectivity index is 2.24. The van der Waals surface area contributed by atoms with E-state index in [0.717, 1.165) is 28.8 Å². The van der Waals surface area contributed by atoms with Gasteiger partial charge in [0.25, 0.3) is 0 Å². The van der Waals surface area contributed by atoms with E-state index in [-0.39, 0.29) is 0 Å². The zero-order valence-electron chi connectivity index (χ0n) is 11.6. The van der Waals surface area contributed by atoms with Crippen molar-refractivity contribution in [3.05, 3.63) is 46.2 Å². The SMILES string of the molecule is CCc1c(NN)ncnc1N(C)Cc1ccc(Br)cc1. The molecule has 1 aromatic heterocycles. The zero-order valence-corrected chi connectivity index (χ0v) is 13.2. The molecule has 0 saturated heterocycles. The monoisotopic (exact) mass is 335 g/mol. The molecule has 6 heteroatoms. The van der Waals surface area contributed by atoms with Crippen LogP contribution in [0.3, 0.4) is 0 Å². The van der Waals surface area contributed by atoms with Crippen LogP contribution in [0.4, 0.5) is 11.6 Å². The second-order valence-electron chi connectivity index (χ2n) is 4.50. The molecule has 0 aliphatic rings. The fourth-order valence-corrected chi connectivity index (χ4v) is 2.38. The highest BCUT2D eigenvalue weighted by atomic mass is 79.9. The van der Waals surface area contributed by atoms with Crippen LogP contribution in [0.15, 0.2) is 35.1 Å². The van der Waals surface area contributed by atoms with E-state index in [4.69, 9.17) is 5.84 Å². The van der Waals surface area contributed by atoms with Gasteiger partial charge in [-0.2, -0.15) is 0 Å². The fraction of sp³-hybridized carbons (Fsp3) is 0.286. The number of aromatic nitrogens is 2. The van der Waals surface area contributed by atoms with Gasteiger partial charge in [-0.25, -0.2) is 15.8 Å². The van der Waals surface area contributed by atoms with E-state index in [0.29, 0.717) is 5.82 Å². The topological polar surface area (TPSA) is 67.1 Å². The molecule has 0 radical (unpaired) electrons. The zero-order chi connectivity index (χ0) is 14.5. The van der Waals surface area contributed by atoms with E-state index in [1.54, 1.807) is 0 Å². The number of anilines is 2. The standard InChI is InChI=1S/C14H18BrN5/c1-3-12-13(19-16)17-9-18-14(12)20(2)8-10-4-6-11(15)7-5-10/h4-7,9H,3,8,16H2,1-2H3,(H,17,18,19). The number of hydrazine groups is 1. The minimum Gasteiger partial charge on any atom is -0.355 e. The molecule has 0 aliphatic carbocycles. The second-order valence-corrected chi connectivity index (χ2v) is 5.42. The van der Waals surface area contributed by atoms with Crippen LogP contribution in [0.5, 0.6) is 0 Å². The van der Waals surface area contributed by atoms with Gasteiger partial charge in [-0.1, -0.05) is 35.0 Å². The van der Waals surface area contributed by atoms with Crippen molar-refractivity contribution >= 4 is 27.6 Å². The molecular weight excluding hydrogens is 318 g/mol. The summed E-state index contributed by atoms with van der Waals surface area (Å²) in [7, 11) is 2.02. The number of nitrogens with zero attached hydrogens (tertiary/aromatic N) is 3. The molecule has 0 fully saturated rings. The smallest absolute Gasteiger partial charge is 0.148 e. The number of hydrogen-bond donors (Lipinski definition) is 2. The van der Waals surface area contributed by atoms with Crippen molar-refractivity contribution in [2.75, 3.05) is 17.4 Å². The van der Waals surface area contributed by atoms with Crippen molar-refractivity contribution in [1.82, 2.24) is 9.97 Å². The summed E-state index contributed by atoms with van der Waals surface area (Å²) in [6.45, 7) is 2.85. The van der Waals surface area contributed by atoms with Gasteiger partial charge in [-0.05, 0) is 24.1 Å². The van der Waals surface area contributed by atoms with Crippen LogP contribution in [0, 0.1) is 0 Å². The maximum absolute atomic E-state index is 5.50. The van der Waals surface area contributed by atoms with Crippen LogP contribution in [-0.2, 0) is 13.0 Å². The number of nitrogen functional groups attached to an aromatic ring is 1. The predicted molar refractivity (Wildman–Crippen MR) is 85.5 cm³/mol. The van der Waals surface area contributed by atoms with Crippen LogP contribution in [-0.4, -0.2) is 17.0 Å². The molecule has 0 spiro atoms. The summed E-state index contributed by atoms with van der Waals surface area (Å²) in [5.74, 6) is 7.08. The number of benzene rings is 1. The average Bonchev–Trinajstić information content (AvgIpc) is 2.48. The largest absolute Gasteiger partial charge is 0.355 e. The number of hydrogen-bond acceptors (Lipinski definition) is 5. The summed E-state index contributed by atoms with van der Waals surface area (Å²) in [6.07, 6.45) is 2.35. The molecule has 5 nitrogen and oxygen atoms in total. The van der Waals surface area contributed by atoms with Gasteiger partial charge >= 0.3 is 0 Å². The number of nitrogens with two attached hydrogens (primary N) is 1. The van der Waals surface area contributed by atoms with E-state index in [1.807, 2.05) is 19.2 Å². The highest BCUT2D eigenvalue weighted by molar-refractivity contribution is 9.10. The van der Waals surface area contributed by atoms with Gasteiger partial charge in [0.2, 0.25) is 0 Å². The van der Waals surface area contributed by atoms with E-state index in [9.17, 15) is 0 Å². The maximum atomic E-state index is 5.50. The summed E-state index contributed by atoms with van der Waals surface area (Å²) in [5, 5.41) is 0. The Bertz CT molecular complexity index is 570. The molecule has 2 rings (SSSR count). The van der Waals surface area contributed by atoms with E-state index in [1.165, 1.54) is 11.9 Å². The summed E-state index contributed by atoms with van der Waals surface area (Å²) in [5.41, 5.74) is 4.87. The summed E-state index contributed by atoms with van der Waals surface area (Å²) < 4.78 is 1.08. The first-order valence-electron chi connectivity index (χ1n) is 6.41. The third-order valence-corrected chi connectivity index (χ3v) is 3.64. The third-order valence-electron chi connectivity index (χ3n) is 3.11. The fourth-order valence-electron chi connectivity index (χ4n) is 2.12. The van der Waals surface area contributed by atoms with Crippen molar-refractivity contribution in [3.63, 3.8) is 0 Å². The Hall–Kier alpha value is -1.66. The Morgan fingerprint density at radius 2 is 1.95 bits per heavy atom. The first kappa shape index (κ1) is 14.7. The number of rotatable bonds is 5. The molecule has 2 aromatic rings. The lowest BCUT2D eigenvalue weighted by atomic mass is 10.2. The molecule has 1 heterocycles. The van der Waals surface area contributed by atoms with E-state index >= 15 is 0 Å². The summed E-state index contributed by atoms with van der Waals surface area (Å²) in [6, 6.07) is 8.26. The number of nitrogens with one attached hydrogen (secondary N) is 1. The second kappa shape index (κ2) is 6.67. The molecule has 0 aliphatic heterocycles. The molecule has 1 aromatic carbocycles. The first-order valence-corrected chi connectivity index (χ1v) is 7.21. The lowest BCUT2D eigenvalue weighted by molar-refractivity contribution is 0.870. The molecular formula is C14H18BrN5. The van der Waals surface area contributed by atoms with Crippen LogP contribution >= 0.6 is 15.9 Å². The Labute approximate surface area is 127 Å². The highest BCUT2D eigenvalue weighted by Crippen LogP contribution is 2.24. The maximum Gasteiger partial charge on any atom is 0.148 e. The van der Waals surface area contributed by atoms with Crippen LogP contribution in [0.25, 0.3) is 0 Å². The minimum absolute atomic E-state index is 0.681. The van der Waals surface area contributed by atoms with Gasteiger partial charge in [0.15, 0.2) is 0 Å². The van der Waals surface area contributed by atoms with Crippen molar-refractivity contribution in [2.45, 2.75) is 19.9 Å². The van der Waals surface area contributed by atoms with E-state index < -0.39 is 0 Å². The van der Waals surface area contributed by atoms with Gasteiger partial charge in [0, 0.05) is 23.6 Å². The lowest BCUT2D eigenvalue weighted by Crippen LogP contribution is -2.21. The molecule has 20 heavy (non-hydrogen) atoms. The number of halogens is 1. The third kappa shape index (κ3) is 3.26. The highest BCUT2D eigenvalue weighted by Gasteiger charge is 2.13. The summed E-state index contributed by atoms with van der Waals surface area (Å²) >= 11 is 3.44. The minimum atomic E-state index is 0.681. The molecule has 0 unspecified atom stereocenters. The normalized spacial score (nSPS) is 10.4. The predicted octanol–water partition coefficient (Wildman–Crippen LogP) is 2.72. The molecule has 0 amide bonds. The first-order chi connectivity index (χ1) is 9.65. The van der Waals surface area contributed by atoms with Crippen molar-refractivity contribution in [1.29, 1.82) is 0 Å². The van der Waals surface area contributed by atoms with Gasteiger partial charge in [-0.15, -0.1) is 0 Å². The van der Waals surface area contributed by atoms with Crippen LogP contribution in [0.1, 0.15) is 18.1 Å². The molecule has 3 N–H and O–H groups in total. The van der Waals surface area contributed by atoms with E-state index in [2.05, 4.69) is 55.3 Å². The van der Waals surface area contributed by atoms with Crippen molar-refractivity contribution < 1.29 is 0 Å². The quantitative estimate of drug-likeness (QED) is 0.649. The average molecular weight is 336 g/mol. The Morgan fingerprint density at radius 1 is 1.25 bits per heavy atom. The Kier molecular flexibility index (Phi) is 4.92. The van der Waals surface area contributed by atoms with Crippen LogP contribution in [0.2, 0.25) is 0 Å². The molecule has 0 bridgehead atoms. The lowest BCUT2D eigenvalue weighted by Gasteiger charge is -2.22.